The van der Waals surface area contributed by atoms with Crippen molar-refractivity contribution in [3.8, 4) is 0 Å². The van der Waals surface area contributed by atoms with Crippen LogP contribution in [-0.2, 0) is 9.31 Å². The van der Waals surface area contributed by atoms with Gasteiger partial charge in [-0.05, 0) is 49.4 Å². The zero-order valence-electron chi connectivity index (χ0n) is 14.5. The van der Waals surface area contributed by atoms with E-state index in [1.165, 1.54) is 38.5 Å². The molecule has 0 unspecified atom stereocenters. The molecule has 5 aliphatic rings. The minimum absolute atomic E-state index is 0.0471. The maximum atomic E-state index is 6.50. The average Bonchev–Trinajstić information content (AvgIpc) is 2.85. The van der Waals surface area contributed by atoms with Crippen LogP contribution in [0.3, 0.4) is 0 Å². The van der Waals surface area contributed by atoms with Crippen molar-refractivity contribution < 1.29 is 9.31 Å². The summed E-state index contributed by atoms with van der Waals surface area (Å²) in [4.78, 5) is 0. The molecule has 22 heavy (non-hydrogen) atoms. The zero-order valence-corrected chi connectivity index (χ0v) is 14.5. The van der Waals surface area contributed by atoms with Gasteiger partial charge in [0.25, 0.3) is 0 Å². The Labute approximate surface area is 135 Å². The molecule has 4 aliphatic carbocycles. The van der Waals surface area contributed by atoms with Crippen LogP contribution >= 0.6 is 0 Å². The summed E-state index contributed by atoms with van der Waals surface area (Å²) in [7, 11) is -0.174. The van der Waals surface area contributed by atoms with Crippen molar-refractivity contribution in [1.29, 1.82) is 0 Å². The highest BCUT2D eigenvalue weighted by molar-refractivity contribution is 6.47. The Morgan fingerprint density at radius 1 is 1.14 bits per heavy atom. The molecule has 1 saturated heterocycles. The molecule has 2 N–H and O–H groups in total. The summed E-state index contributed by atoms with van der Waals surface area (Å²) < 4.78 is 12.8. The summed E-state index contributed by atoms with van der Waals surface area (Å²) in [6.07, 6.45) is 10.7. The van der Waals surface area contributed by atoms with E-state index in [1.54, 1.807) is 0 Å². The first kappa shape index (κ1) is 15.5. The van der Waals surface area contributed by atoms with Crippen molar-refractivity contribution in [1.82, 2.24) is 0 Å². The Hall–Kier alpha value is -0.0551. The largest absolute Gasteiger partial charge is 0.475 e. The molecule has 1 heterocycles. The Balaban J connectivity index is 1.41. The van der Waals surface area contributed by atoms with E-state index in [4.69, 9.17) is 15.0 Å². The summed E-state index contributed by atoms with van der Waals surface area (Å²) in [6, 6.07) is 0. The normalized spacial score (nSPS) is 45.3. The number of hydrogen-bond acceptors (Lipinski definition) is 3. The van der Waals surface area contributed by atoms with Gasteiger partial charge in [0.2, 0.25) is 0 Å². The Kier molecular flexibility index (Phi) is 3.67. The Morgan fingerprint density at radius 3 is 2.55 bits per heavy atom. The molecular formula is C18H32BNO2. The van der Waals surface area contributed by atoms with Crippen LogP contribution in [-0.4, -0.2) is 24.8 Å². The number of nitrogens with two attached hydrogens (primary N) is 1. The Morgan fingerprint density at radius 2 is 1.86 bits per heavy atom. The van der Waals surface area contributed by atoms with Crippen LogP contribution in [0.1, 0.15) is 72.1 Å². The lowest BCUT2D eigenvalue weighted by molar-refractivity contribution is -0.199. The minimum Gasteiger partial charge on any atom is -0.404 e. The van der Waals surface area contributed by atoms with Gasteiger partial charge in [-0.3, -0.25) is 0 Å². The highest BCUT2D eigenvalue weighted by atomic mass is 16.7. The van der Waals surface area contributed by atoms with E-state index in [1.807, 2.05) is 0 Å². The molecule has 3 nitrogen and oxygen atoms in total. The van der Waals surface area contributed by atoms with E-state index in [2.05, 4.69) is 20.8 Å². The summed E-state index contributed by atoms with van der Waals surface area (Å²) in [5, 5.41) is 0. The summed E-state index contributed by atoms with van der Waals surface area (Å²) in [5.74, 6) is 2.28. The van der Waals surface area contributed by atoms with E-state index < -0.39 is 0 Å². The fraction of sp³-hybridized carbons (Fsp3) is 1.00. The molecule has 0 aromatic carbocycles. The molecule has 5 atom stereocenters. The van der Waals surface area contributed by atoms with Crippen molar-refractivity contribution in [3.05, 3.63) is 0 Å². The van der Waals surface area contributed by atoms with E-state index >= 15 is 0 Å². The second kappa shape index (κ2) is 5.22. The molecule has 124 valence electrons. The highest BCUT2D eigenvalue weighted by Gasteiger charge is 2.68. The number of hydrogen-bond donors (Lipinski definition) is 1. The van der Waals surface area contributed by atoms with Crippen LogP contribution in [0.5, 0.6) is 0 Å². The molecule has 5 fully saturated rings. The predicted molar refractivity (Wildman–Crippen MR) is 89.3 cm³/mol. The van der Waals surface area contributed by atoms with E-state index in [9.17, 15) is 0 Å². The van der Waals surface area contributed by atoms with E-state index in [0.29, 0.717) is 11.3 Å². The maximum absolute atomic E-state index is 6.50. The van der Waals surface area contributed by atoms with Crippen molar-refractivity contribution in [2.45, 2.75) is 89.8 Å². The first-order valence-electron chi connectivity index (χ1n) is 9.50. The molecule has 0 spiro atoms. The lowest BCUT2D eigenvalue weighted by Crippen LogP contribution is -2.65. The van der Waals surface area contributed by atoms with Crippen LogP contribution in [0.4, 0.5) is 0 Å². The SMILES string of the molecule is CC1(C)[C@@H]2C[C@H]3OB([C@H](N)CC4CCCCC4)O[C@@]3(C)[C@H]1C2. The van der Waals surface area contributed by atoms with Gasteiger partial charge in [0.15, 0.2) is 0 Å². The van der Waals surface area contributed by atoms with Crippen molar-refractivity contribution >= 4 is 7.12 Å². The smallest absolute Gasteiger partial charge is 0.404 e. The standard InChI is InChI=1S/C18H32BNO2/c1-17(2)13-10-14(17)18(3)15(11-13)21-19(22-18)16(20)9-12-7-5-4-6-8-12/h12-16H,4-11,20H2,1-3H3/t13-,14-,15+,16+,18-/m0/s1. The van der Waals surface area contributed by atoms with Gasteiger partial charge in [-0.15, -0.1) is 0 Å². The zero-order chi connectivity index (χ0) is 15.5. The van der Waals surface area contributed by atoms with Crippen molar-refractivity contribution in [2.24, 2.45) is 28.9 Å². The summed E-state index contributed by atoms with van der Waals surface area (Å²) >= 11 is 0. The van der Waals surface area contributed by atoms with Crippen LogP contribution in [0.15, 0.2) is 0 Å². The lowest BCUT2D eigenvalue weighted by Gasteiger charge is -2.64. The van der Waals surface area contributed by atoms with Crippen molar-refractivity contribution in [2.75, 3.05) is 0 Å². The quantitative estimate of drug-likeness (QED) is 0.811. The Bertz CT molecular complexity index is 437. The van der Waals surface area contributed by atoms with E-state index in [0.717, 1.165) is 24.7 Å². The first-order chi connectivity index (χ1) is 10.4. The van der Waals surface area contributed by atoms with Crippen LogP contribution in [0, 0.1) is 23.2 Å². The van der Waals surface area contributed by atoms with Crippen LogP contribution < -0.4 is 5.73 Å². The van der Waals surface area contributed by atoms with Gasteiger partial charge < -0.3 is 15.0 Å². The molecule has 2 bridgehead atoms. The molecule has 0 radical (unpaired) electrons. The van der Waals surface area contributed by atoms with Gasteiger partial charge in [0.05, 0.1) is 11.7 Å². The lowest BCUT2D eigenvalue weighted by atomic mass is 9.43. The van der Waals surface area contributed by atoms with Gasteiger partial charge in [0, 0.05) is 5.94 Å². The van der Waals surface area contributed by atoms with Gasteiger partial charge >= 0.3 is 7.12 Å². The maximum Gasteiger partial charge on any atom is 0.475 e. The minimum atomic E-state index is -0.174. The molecule has 1 aliphatic heterocycles. The van der Waals surface area contributed by atoms with E-state index in [-0.39, 0.29) is 24.8 Å². The van der Waals surface area contributed by atoms with Crippen LogP contribution in [0.2, 0.25) is 0 Å². The number of rotatable bonds is 3. The molecule has 4 saturated carbocycles. The van der Waals surface area contributed by atoms with Crippen LogP contribution in [0.25, 0.3) is 0 Å². The summed E-state index contributed by atoms with van der Waals surface area (Å²) in [6.45, 7) is 7.10. The third-order valence-electron chi connectivity index (χ3n) is 7.65. The fourth-order valence-corrected chi connectivity index (χ4v) is 6.00. The van der Waals surface area contributed by atoms with Gasteiger partial charge in [0.1, 0.15) is 0 Å². The van der Waals surface area contributed by atoms with Gasteiger partial charge in [-0.2, -0.15) is 0 Å². The topological polar surface area (TPSA) is 44.5 Å². The van der Waals surface area contributed by atoms with Crippen molar-refractivity contribution in [3.63, 3.8) is 0 Å². The monoisotopic (exact) mass is 305 g/mol. The first-order valence-corrected chi connectivity index (χ1v) is 9.50. The van der Waals surface area contributed by atoms with Gasteiger partial charge in [-0.25, -0.2) is 0 Å². The molecular weight excluding hydrogens is 273 g/mol. The predicted octanol–water partition coefficient (Wildman–Crippen LogP) is 3.55. The molecule has 5 rings (SSSR count). The molecule has 0 aromatic rings. The molecule has 4 heteroatoms. The summed E-state index contributed by atoms with van der Waals surface area (Å²) in [5.41, 5.74) is 6.81. The third kappa shape index (κ3) is 2.21. The highest BCUT2D eigenvalue weighted by Crippen LogP contribution is 2.65. The molecule has 0 aromatic heterocycles. The van der Waals surface area contributed by atoms with Gasteiger partial charge in [-0.1, -0.05) is 46.0 Å². The second-order valence-electron chi connectivity index (χ2n) is 9.24. The average molecular weight is 305 g/mol. The second-order valence-corrected chi connectivity index (χ2v) is 9.24. The third-order valence-corrected chi connectivity index (χ3v) is 7.65. The molecule has 0 amide bonds. The fourth-order valence-electron chi connectivity index (χ4n) is 6.00.